The number of nitrogens with zero attached hydrogens (tertiary/aromatic N) is 2. The van der Waals surface area contributed by atoms with Crippen LogP contribution in [0.25, 0.3) is 22.8 Å². The summed E-state index contributed by atoms with van der Waals surface area (Å²) >= 11 is 0. The van der Waals surface area contributed by atoms with Gasteiger partial charge in [-0.1, -0.05) is 29.4 Å². The fourth-order valence-corrected chi connectivity index (χ4v) is 2.08. The van der Waals surface area contributed by atoms with Gasteiger partial charge < -0.3 is 15.0 Å². The molecule has 0 unspecified atom stereocenters. The first-order valence-electron chi connectivity index (χ1n) is 6.52. The quantitative estimate of drug-likeness (QED) is 0.745. The lowest BCUT2D eigenvalue weighted by Gasteiger charge is -2.03. The highest BCUT2D eigenvalue weighted by atomic mass is 16.5. The Morgan fingerprint density at radius 2 is 1.95 bits per heavy atom. The third kappa shape index (κ3) is 2.45. The van der Waals surface area contributed by atoms with Crippen LogP contribution >= 0.6 is 0 Å². The summed E-state index contributed by atoms with van der Waals surface area (Å²) in [7, 11) is 1.62. The molecule has 0 radical (unpaired) electrons. The van der Waals surface area contributed by atoms with Gasteiger partial charge in [0.15, 0.2) is 0 Å². The molecule has 0 aliphatic carbocycles. The van der Waals surface area contributed by atoms with Crippen LogP contribution < -0.4 is 10.5 Å². The molecule has 2 N–H and O–H groups in total. The van der Waals surface area contributed by atoms with Gasteiger partial charge in [0.05, 0.1) is 12.7 Å². The van der Waals surface area contributed by atoms with Gasteiger partial charge in [-0.05, 0) is 30.7 Å². The van der Waals surface area contributed by atoms with E-state index >= 15 is 0 Å². The van der Waals surface area contributed by atoms with Gasteiger partial charge >= 0.3 is 0 Å². The number of rotatable bonds is 3. The second kappa shape index (κ2) is 5.28. The van der Waals surface area contributed by atoms with Crippen molar-refractivity contribution in [3.8, 4) is 28.6 Å². The van der Waals surface area contributed by atoms with Crippen LogP contribution in [0.1, 0.15) is 5.56 Å². The van der Waals surface area contributed by atoms with Crippen molar-refractivity contribution in [1.82, 2.24) is 10.1 Å². The van der Waals surface area contributed by atoms with Gasteiger partial charge in [0, 0.05) is 11.3 Å². The molecule has 2 aromatic carbocycles. The SMILES string of the molecule is COc1cccc(-c2noc(-c3cccc(C)c3N)n2)c1. The van der Waals surface area contributed by atoms with Crippen LogP contribution in [0.4, 0.5) is 5.69 Å². The third-order valence-corrected chi connectivity index (χ3v) is 3.31. The molecule has 0 spiro atoms. The van der Waals surface area contributed by atoms with Crippen molar-refractivity contribution in [1.29, 1.82) is 0 Å². The number of hydrogen-bond acceptors (Lipinski definition) is 5. The lowest BCUT2D eigenvalue weighted by atomic mass is 10.1. The van der Waals surface area contributed by atoms with Crippen LogP contribution in [0.15, 0.2) is 47.0 Å². The highest BCUT2D eigenvalue weighted by molar-refractivity contribution is 5.74. The average Bonchev–Trinajstić information content (AvgIpc) is 3.00. The zero-order chi connectivity index (χ0) is 14.8. The lowest BCUT2D eigenvalue weighted by molar-refractivity contribution is 0.414. The van der Waals surface area contributed by atoms with Crippen LogP contribution in [0.5, 0.6) is 5.75 Å². The molecule has 0 aliphatic heterocycles. The molecular weight excluding hydrogens is 266 g/mol. The fraction of sp³-hybridized carbons (Fsp3) is 0.125. The number of ether oxygens (including phenoxy) is 1. The molecule has 0 saturated heterocycles. The van der Waals surface area contributed by atoms with Crippen molar-refractivity contribution in [3.05, 3.63) is 48.0 Å². The topological polar surface area (TPSA) is 74.2 Å². The molecule has 0 saturated carbocycles. The summed E-state index contributed by atoms with van der Waals surface area (Å²) in [5.41, 5.74) is 9.27. The Kier molecular flexibility index (Phi) is 3.31. The van der Waals surface area contributed by atoms with Crippen LogP contribution in [-0.4, -0.2) is 17.3 Å². The minimum atomic E-state index is 0.411. The number of anilines is 1. The van der Waals surface area contributed by atoms with Crippen LogP contribution in [0.2, 0.25) is 0 Å². The molecule has 106 valence electrons. The number of nitrogen functional groups attached to an aromatic ring is 1. The summed E-state index contributed by atoms with van der Waals surface area (Å²) in [4.78, 5) is 4.41. The number of methoxy groups -OCH3 is 1. The number of benzene rings is 2. The Labute approximate surface area is 122 Å². The van der Waals surface area contributed by atoms with Crippen LogP contribution in [0.3, 0.4) is 0 Å². The molecule has 3 aromatic rings. The Bertz CT molecular complexity index is 781. The molecule has 5 nitrogen and oxygen atoms in total. The van der Waals surface area contributed by atoms with E-state index in [4.69, 9.17) is 15.0 Å². The Morgan fingerprint density at radius 1 is 1.14 bits per heavy atom. The van der Waals surface area contributed by atoms with E-state index in [2.05, 4.69) is 10.1 Å². The zero-order valence-electron chi connectivity index (χ0n) is 11.8. The predicted molar refractivity (Wildman–Crippen MR) is 80.9 cm³/mol. The van der Waals surface area contributed by atoms with E-state index in [0.717, 1.165) is 22.4 Å². The molecule has 5 heteroatoms. The lowest BCUT2D eigenvalue weighted by Crippen LogP contribution is -1.93. The van der Waals surface area contributed by atoms with E-state index in [1.807, 2.05) is 49.4 Å². The van der Waals surface area contributed by atoms with E-state index < -0.39 is 0 Å². The molecule has 1 heterocycles. The van der Waals surface area contributed by atoms with Crippen molar-refractivity contribution in [3.63, 3.8) is 0 Å². The zero-order valence-corrected chi connectivity index (χ0v) is 11.8. The number of aromatic nitrogens is 2. The van der Waals surface area contributed by atoms with E-state index in [0.29, 0.717) is 17.4 Å². The first-order chi connectivity index (χ1) is 10.2. The first kappa shape index (κ1) is 13.2. The monoisotopic (exact) mass is 281 g/mol. The molecule has 0 fully saturated rings. The van der Waals surface area contributed by atoms with Crippen molar-refractivity contribution in [2.45, 2.75) is 6.92 Å². The second-order valence-corrected chi connectivity index (χ2v) is 4.69. The summed E-state index contributed by atoms with van der Waals surface area (Å²) in [6, 6.07) is 13.2. The van der Waals surface area contributed by atoms with Crippen molar-refractivity contribution >= 4 is 5.69 Å². The number of nitrogens with two attached hydrogens (primary N) is 1. The Morgan fingerprint density at radius 3 is 2.76 bits per heavy atom. The standard InChI is InChI=1S/C16H15N3O2/c1-10-5-3-8-13(14(10)17)16-18-15(19-21-16)11-6-4-7-12(9-11)20-2/h3-9H,17H2,1-2H3. The minimum absolute atomic E-state index is 0.411. The number of aryl methyl sites for hydroxylation is 1. The van der Waals surface area contributed by atoms with E-state index in [1.165, 1.54) is 0 Å². The van der Waals surface area contributed by atoms with Crippen molar-refractivity contribution in [2.24, 2.45) is 0 Å². The normalized spacial score (nSPS) is 10.6. The molecule has 3 rings (SSSR count). The number of hydrogen-bond donors (Lipinski definition) is 1. The maximum atomic E-state index is 6.06. The van der Waals surface area contributed by atoms with Gasteiger partial charge in [0.1, 0.15) is 5.75 Å². The fourth-order valence-electron chi connectivity index (χ4n) is 2.08. The van der Waals surface area contributed by atoms with E-state index in [-0.39, 0.29) is 0 Å². The Hall–Kier alpha value is -2.82. The van der Waals surface area contributed by atoms with Gasteiger partial charge in [0.2, 0.25) is 5.82 Å². The summed E-state index contributed by atoms with van der Waals surface area (Å²) in [5.74, 6) is 1.66. The predicted octanol–water partition coefficient (Wildman–Crippen LogP) is 3.30. The van der Waals surface area contributed by atoms with Gasteiger partial charge in [-0.15, -0.1) is 0 Å². The van der Waals surface area contributed by atoms with E-state index in [1.54, 1.807) is 7.11 Å². The maximum absolute atomic E-state index is 6.06. The Balaban J connectivity index is 2.01. The largest absolute Gasteiger partial charge is 0.497 e. The number of para-hydroxylation sites is 1. The van der Waals surface area contributed by atoms with E-state index in [9.17, 15) is 0 Å². The average molecular weight is 281 g/mol. The highest BCUT2D eigenvalue weighted by Gasteiger charge is 2.14. The molecule has 0 amide bonds. The van der Waals surface area contributed by atoms with Gasteiger partial charge in [0.25, 0.3) is 5.89 Å². The smallest absolute Gasteiger partial charge is 0.260 e. The summed E-state index contributed by atoms with van der Waals surface area (Å²) in [6.45, 7) is 1.94. The van der Waals surface area contributed by atoms with Gasteiger partial charge in [-0.25, -0.2) is 0 Å². The van der Waals surface area contributed by atoms with Crippen LogP contribution in [-0.2, 0) is 0 Å². The summed E-state index contributed by atoms with van der Waals surface area (Å²) in [5, 5.41) is 4.01. The molecule has 0 aliphatic rings. The first-order valence-corrected chi connectivity index (χ1v) is 6.52. The molecule has 1 aromatic heterocycles. The second-order valence-electron chi connectivity index (χ2n) is 4.69. The van der Waals surface area contributed by atoms with Gasteiger partial charge in [-0.3, -0.25) is 0 Å². The molecule has 0 bridgehead atoms. The van der Waals surface area contributed by atoms with Crippen LogP contribution in [0, 0.1) is 6.92 Å². The maximum Gasteiger partial charge on any atom is 0.260 e. The van der Waals surface area contributed by atoms with Gasteiger partial charge in [-0.2, -0.15) is 4.98 Å². The highest BCUT2D eigenvalue weighted by Crippen LogP contribution is 2.29. The molecule has 21 heavy (non-hydrogen) atoms. The van der Waals surface area contributed by atoms with Crippen molar-refractivity contribution < 1.29 is 9.26 Å². The van der Waals surface area contributed by atoms with Crippen molar-refractivity contribution in [2.75, 3.05) is 12.8 Å². The minimum Gasteiger partial charge on any atom is -0.497 e. The third-order valence-electron chi connectivity index (χ3n) is 3.31. The summed E-state index contributed by atoms with van der Waals surface area (Å²) < 4.78 is 10.5. The molecular formula is C16H15N3O2. The molecule has 0 atom stereocenters. The summed E-state index contributed by atoms with van der Waals surface area (Å²) in [6.07, 6.45) is 0.